The van der Waals surface area contributed by atoms with Gasteiger partial charge >= 0.3 is 0 Å². The molecule has 5 N–H and O–H groups in total. The molecule has 8 nitrogen and oxygen atoms in total. The topological polar surface area (TPSA) is 136 Å². The zero-order valence-corrected chi connectivity index (χ0v) is 18.0. The van der Waals surface area contributed by atoms with Crippen molar-refractivity contribution < 1.29 is 19.2 Å². The summed E-state index contributed by atoms with van der Waals surface area (Å²) in [5.41, 5.74) is 10.9. The first-order chi connectivity index (χ1) is 13.3. The quantitative estimate of drug-likeness (QED) is 0.518. The number of nitrogens with zero attached hydrogens (tertiary/aromatic N) is 1. The fraction of sp³-hybridized carbons (Fsp3) is 0.810. The monoisotopic (exact) mass is 406 g/mol. The predicted molar refractivity (Wildman–Crippen MR) is 107 cm³/mol. The minimum absolute atomic E-state index is 0.0175. The molecule has 0 spiro atoms. The number of carbonyl (C=O) groups excluding carboxylic acids is 4. The van der Waals surface area contributed by atoms with Gasteiger partial charge < -0.3 is 21.7 Å². The van der Waals surface area contributed by atoms with Gasteiger partial charge in [-0.25, -0.2) is 0 Å². The van der Waals surface area contributed by atoms with Crippen molar-refractivity contribution in [3.8, 4) is 0 Å². The first kappa shape index (κ1) is 21.7. The van der Waals surface area contributed by atoms with E-state index in [0.717, 1.165) is 12.8 Å². The smallest absolute Gasteiger partial charge is 0.287 e. The fourth-order valence-electron chi connectivity index (χ4n) is 4.71. The maximum absolute atomic E-state index is 13.2. The lowest BCUT2D eigenvalue weighted by Gasteiger charge is -2.36. The second-order valence-corrected chi connectivity index (χ2v) is 10.7. The highest BCUT2D eigenvalue weighted by molar-refractivity contribution is 6.37. The highest BCUT2D eigenvalue weighted by atomic mass is 16.2. The summed E-state index contributed by atoms with van der Waals surface area (Å²) in [4.78, 5) is 51.6. The molecule has 0 radical (unpaired) electrons. The van der Waals surface area contributed by atoms with Crippen LogP contribution < -0.4 is 16.8 Å². The van der Waals surface area contributed by atoms with Gasteiger partial charge in [-0.2, -0.15) is 0 Å². The molecule has 2 saturated carbocycles. The highest BCUT2D eigenvalue weighted by Gasteiger charge is 2.69. The van der Waals surface area contributed by atoms with Gasteiger partial charge in [0.2, 0.25) is 17.6 Å². The average molecular weight is 407 g/mol. The third-order valence-corrected chi connectivity index (χ3v) is 7.10. The minimum Gasteiger partial charge on any atom is -0.363 e. The summed E-state index contributed by atoms with van der Waals surface area (Å²) in [5.74, 6) is -1.90. The number of hydrogen-bond acceptors (Lipinski definition) is 5. The zero-order valence-electron chi connectivity index (χ0n) is 18.0. The second-order valence-electron chi connectivity index (χ2n) is 10.7. The predicted octanol–water partition coefficient (Wildman–Crippen LogP) is 0.182. The van der Waals surface area contributed by atoms with E-state index >= 15 is 0 Å². The summed E-state index contributed by atoms with van der Waals surface area (Å²) < 4.78 is 0. The third-order valence-electron chi connectivity index (χ3n) is 7.10. The molecule has 0 aromatic heterocycles. The minimum atomic E-state index is -1.05. The maximum atomic E-state index is 13.2. The summed E-state index contributed by atoms with van der Waals surface area (Å²) in [6, 6.07) is -2.34. The van der Waals surface area contributed by atoms with Crippen LogP contribution in [0.25, 0.3) is 0 Å². The van der Waals surface area contributed by atoms with E-state index in [1.807, 2.05) is 20.8 Å². The molecule has 0 aromatic carbocycles. The highest BCUT2D eigenvalue weighted by Crippen LogP contribution is 2.65. The number of hydrogen-bond donors (Lipinski definition) is 3. The number of carbonyl (C=O) groups is 4. The van der Waals surface area contributed by atoms with Crippen molar-refractivity contribution in [2.75, 3.05) is 6.54 Å². The van der Waals surface area contributed by atoms with Crippen molar-refractivity contribution in [2.45, 2.75) is 72.0 Å². The first-order valence-corrected chi connectivity index (χ1v) is 10.5. The lowest BCUT2D eigenvalue weighted by molar-refractivity contribution is -0.144. The molecule has 8 heteroatoms. The third kappa shape index (κ3) is 4.04. The van der Waals surface area contributed by atoms with Crippen LogP contribution >= 0.6 is 0 Å². The Morgan fingerprint density at radius 1 is 1.17 bits per heavy atom. The number of piperidine rings is 1. The van der Waals surface area contributed by atoms with E-state index in [-0.39, 0.29) is 23.2 Å². The van der Waals surface area contributed by atoms with E-state index in [0.29, 0.717) is 18.9 Å². The average Bonchev–Trinajstić information content (AvgIpc) is 3.45. The largest absolute Gasteiger partial charge is 0.363 e. The fourth-order valence-corrected chi connectivity index (χ4v) is 4.71. The van der Waals surface area contributed by atoms with Gasteiger partial charge in [-0.1, -0.05) is 47.5 Å². The van der Waals surface area contributed by atoms with Crippen LogP contribution in [0.3, 0.4) is 0 Å². The van der Waals surface area contributed by atoms with E-state index in [9.17, 15) is 19.2 Å². The van der Waals surface area contributed by atoms with Crippen molar-refractivity contribution in [2.24, 2.45) is 40.1 Å². The van der Waals surface area contributed by atoms with Crippen LogP contribution in [0.5, 0.6) is 0 Å². The van der Waals surface area contributed by atoms with Crippen molar-refractivity contribution in [3.63, 3.8) is 0 Å². The van der Waals surface area contributed by atoms with Gasteiger partial charge in [-0.05, 0) is 35.0 Å². The van der Waals surface area contributed by atoms with Crippen molar-refractivity contribution in [3.05, 3.63) is 0 Å². The molecule has 0 aromatic rings. The summed E-state index contributed by atoms with van der Waals surface area (Å²) in [7, 11) is 0. The Kier molecular flexibility index (Phi) is 5.30. The first-order valence-electron chi connectivity index (χ1n) is 10.5. The van der Waals surface area contributed by atoms with Crippen LogP contribution in [0.1, 0.15) is 53.9 Å². The van der Waals surface area contributed by atoms with Gasteiger partial charge in [0.25, 0.3) is 5.91 Å². The number of nitrogens with two attached hydrogens (primary N) is 2. The molecule has 3 unspecified atom stereocenters. The van der Waals surface area contributed by atoms with Crippen molar-refractivity contribution in [1.82, 2.24) is 10.2 Å². The van der Waals surface area contributed by atoms with E-state index in [1.165, 1.54) is 0 Å². The molecule has 3 aliphatic rings. The molecule has 0 bridgehead atoms. The SMILES string of the molecule is CC(C)(C)C(N)C(=O)N1CC2[C@@H]([C@H]1C(=O)NC(CC1CC1)C(=O)C(N)=O)C2(C)C. The second kappa shape index (κ2) is 7.07. The maximum Gasteiger partial charge on any atom is 0.287 e. The summed E-state index contributed by atoms with van der Waals surface area (Å²) >= 11 is 0. The Morgan fingerprint density at radius 3 is 2.24 bits per heavy atom. The summed E-state index contributed by atoms with van der Waals surface area (Å²) in [5, 5.41) is 2.74. The summed E-state index contributed by atoms with van der Waals surface area (Å²) in [6.07, 6.45) is 2.36. The lowest BCUT2D eigenvalue weighted by Crippen LogP contribution is -2.59. The number of ketones is 1. The molecule has 2 aliphatic carbocycles. The normalized spacial score (nSPS) is 29.6. The Bertz CT molecular complexity index is 737. The van der Waals surface area contributed by atoms with E-state index in [1.54, 1.807) is 4.90 Å². The van der Waals surface area contributed by atoms with Crippen LogP contribution in [0.4, 0.5) is 0 Å². The number of fused-ring (bicyclic) bond motifs is 1. The van der Waals surface area contributed by atoms with Crippen LogP contribution in [-0.2, 0) is 19.2 Å². The molecule has 3 fully saturated rings. The van der Waals surface area contributed by atoms with Gasteiger partial charge in [-0.15, -0.1) is 0 Å². The van der Waals surface area contributed by atoms with Gasteiger partial charge in [0, 0.05) is 6.54 Å². The van der Waals surface area contributed by atoms with Crippen LogP contribution in [-0.4, -0.2) is 53.1 Å². The van der Waals surface area contributed by atoms with E-state index < -0.39 is 41.1 Å². The Hall–Kier alpha value is -1.96. The Morgan fingerprint density at radius 2 is 1.76 bits per heavy atom. The van der Waals surface area contributed by atoms with E-state index in [2.05, 4.69) is 19.2 Å². The van der Waals surface area contributed by atoms with Crippen LogP contribution in [0, 0.1) is 28.6 Å². The molecule has 162 valence electrons. The van der Waals surface area contributed by atoms with Gasteiger partial charge in [0.1, 0.15) is 6.04 Å². The van der Waals surface area contributed by atoms with Gasteiger partial charge in [0.05, 0.1) is 12.1 Å². The lowest BCUT2D eigenvalue weighted by atomic mass is 9.86. The molecule has 29 heavy (non-hydrogen) atoms. The van der Waals surface area contributed by atoms with E-state index in [4.69, 9.17) is 11.5 Å². The molecular formula is C21H34N4O4. The molecule has 1 heterocycles. The molecule has 3 amide bonds. The molecule has 3 rings (SSSR count). The molecular weight excluding hydrogens is 372 g/mol. The number of Topliss-reactive ketones (excluding diaryl/α,β-unsaturated/α-hetero) is 1. The standard InChI is InChI=1S/C21H34N4O4/c1-20(2,3)16(22)19(29)25-9-11-13(21(11,4)5)14(25)18(28)24-12(8-10-6-7-10)15(26)17(23)27/h10-14,16H,6-9,22H2,1-5H3,(H2,23,27)(H,24,28)/t11?,12?,13-,14-,16?/m0/s1. The number of amides is 3. The molecule has 1 saturated heterocycles. The number of likely N-dealkylation sites (tertiary alicyclic amines) is 1. The Balaban J connectivity index is 1.79. The molecule has 1 aliphatic heterocycles. The zero-order chi connectivity index (χ0) is 21.9. The number of rotatable bonds is 7. The van der Waals surface area contributed by atoms with Crippen LogP contribution in [0.2, 0.25) is 0 Å². The van der Waals surface area contributed by atoms with Gasteiger partial charge in [0.15, 0.2) is 0 Å². The number of primary amides is 1. The van der Waals surface area contributed by atoms with Crippen LogP contribution in [0.15, 0.2) is 0 Å². The van der Waals surface area contributed by atoms with Gasteiger partial charge in [-0.3, -0.25) is 19.2 Å². The molecule has 5 atom stereocenters. The number of nitrogens with one attached hydrogen (secondary N) is 1. The van der Waals surface area contributed by atoms with Crippen molar-refractivity contribution in [1.29, 1.82) is 0 Å². The van der Waals surface area contributed by atoms with Crippen molar-refractivity contribution >= 4 is 23.5 Å². The Labute approximate surface area is 172 Å². The summed E-state index contributed by atoms with van der Waals surface area (Å²) in [6.45, 7) is 10.3.